The van der Waals surface area contributed by atoms with E-state index in [1.807, 2.05) is 129 Å². The second kappa shape index (κ2) is 13.7. The molecule has 176 valence electrons. The Bertz CT molecular complexity index is 1140. The van der Waals surface area contributed by atoms with Gasteiger partial charge in [0.25, 0.3) is 0 Å². The standard InChI is InChI=1S/2C14H13NO.2BrH.Hf/c2*1-11-7-9-12(10-8-11)14(16)15-13-5-3-2-4-6-13;;;/h2*2-10H,1H3,(H,15,16);2*1H;/q;;;;+4/p-4. The fourth-order valence-corrected chi connectivity index (χ4v) is 7.55. The van der Waals surface area contributed by atoms with E-state index in [4.69, 9.17) is 0 Å². The number of hydrogen-bond acceptors (Lipinski definition) is 2. The van der Waals surface area contributed by atoms with Crippen molar-refractivity contribution >= 4 is 23.2 Å². The number of aryl methyl sites for hydroxylation is 2. The van der Waals surface area contributed by atoms with E-state index in [9.17, 15) is 9.59 Å². The number of hydrogen-bond donors (Lipinski definition) is 0. The third-order valence-corrected chi connectivity index (χ3v) is 9.98. The number of para-hydroxylation sites is 2. The molecule has 4 nitrogen and oxygen atoms in total. The van der Waals surface area contributed by atoms with E-state index >= 15 is 0 Å². The first-order valence-electron chi connectivity index (χ1n) is 10.7. The van der Waals surface area contributed by atoms with E-state index in [1.165, 1.54) is 0 Å². The van der Waals surface area contributed by atoms with Crippen LogP contribution >= 0.6 is 0 Å². The molecule has 0 aromatic heterocycles. The molecule has 0 N–H and O–H groups in total. The summed E-state index contributed by atoms with van der Waals surface area (Å²) in [5.41, 5.74) is 5.05. The molecular formula is C28H24Br2HfN2O2. The second-order valence-corrected chi connectivity index (χ2v) is 11.7. The van der Waals surface area contributed by atoms with Crippen LogP contribution in [0.1, 0.15) is 31.8 Å². The van der Waals surface area contributed by atoms with Gasteiger partial charge in [0.15, 0.2) is 0 Å². The van der Waals surface area contributed by atoms with E-state index in [-0.39, 0.29) is 45.8 Å². The Kier molecular flexibility index (Phi) is 11.3. The van der Waals surface area contributed by atoms with Crippen LogP contribution in [0.4, 0.5) is 11.4 Å². The normalized spacial score (nSPS) is 9.66. The van der Waals surface area contributed by atoms with E-state index < -0.39 is 23.5 Å². The molecule has 0 aliphatic heterocycles. The molecule has 0 heterocycles. The van der Waals surface area contributed by atoms with Gasteiger partial charge in [0.05, 0.1) is 0 Å². The van der Waals surface area contributed by atoms with Crippen LogP contribution in [0.25, 0.3) is 0 Å². The zero-order valence-corrected chi connectivity index (χ0v) is 26.1. The molecule has 35 heavy (non-hydrogen) atoms. The molecule has 4 aromatic carbocycles. The smallest absolute Gasteiger partial charge is 1.00 e. The number of benzene rings is 4. The molecular weight excluding hydrogens is 735 g/mol. The van der Waals surface area contributed by atoms with Gasteiger partial charge in [-0.15, -0.1) is 0 Å². The Morgan fingerprint density at radius 2 is 0.829 bits per heavy atom. The SMILES string of the molecule is Cc1ccc(C(=O)[N]([Hf+2][N](C(=O)c2ccc(C)cc2)c2ccccc2)c2ccccc2)cc1.[Br-].[Br-]. The van der Waals surface area contributed by atoms with Crippen LogP contribution in [0.5, 0.6) is 0 Å². The molecule has 0 atom stereocenters. The van der Waals surface area contributed by atoms with Gasteiger partial charge in [-0.1, -0.05) is 0 Å². The number of carbonyl (C=O) groups excluding carboxylic acids is 2. The summed E-state index contributed by atoms with van der Waals surface area (Å²) in [5, 5.41) is 0. The summed E-state index contributed by atoms with van der Waals surface area (Å²) in [6.45, 7) is 4.00. The van der Waals surface area contributed by atoms with Crippen LogP contribution in [-0.4, -0.2) is 11.8 Å². The van der Waals surface area contributed by atoms with Gasteiger partial charge in [-0.3, -0.25) is 0 Å². The Morgan fingerprint density at radius 1 is 0.514 bits per heavy atom. The van der Waals surface area contributed by atoms with Gasteiger partial charge < -0.3 is 34.0 Å². The van der Waals surface area contributed by atoms with Crippen LogP contribution in [0, 0.1) is 13.8 Å². The van der Waals surface area contributed by atoms with Crippen LogP contribution < -0.4 is 39.7 Å². The predicted molar refractivity (Wildman–Crippen MR) is 129 cm³/mol. The maximum absolute atomic E-state index is 13.7. The molecule has 0 saturated heterocycles. The zero-order chi connectivity index (χ0) is 23.2. The van der Waals surface area contributed by atoms with Crippen LogP contribution in [-0.2, 0) is 23.5 Å². The van der Waals surface area contributed by atoms with Crippen molar-refractivity contribution in [1.29, 1.82) is 0 Å². The topological polar surface area (TPSA) is 40.6 Å². The van der Waals surface area contributed by atoms with Gasteiger partial charge in [-0.25, -0.2) is 0 Å². The van der Waals surface area contributed by atoms with Crippen molar-refractivity contribution in [3.63, 3.8) is 0 Å². The van der Waals surface area contributed by atoms with Crippen molar-refractivity contribution in [2.24, 2.45) is 0 Å². The van der Waals surface area contributed by atoms with Crippen molar-refractivity contribution < 1.29 is 67.0 Å². The molecule has 0 aliphatic carbocycles. The summed E-state index contributed by atoms with van der Waals surface area (Å²) in [5.74, 6) is -0.163. The first kappa shape index (κ1) is 28.9. The maximum Gasteiger partial charge on any atom is -1.00 e. The van der Waals surface area contributed by atoms with Gasteiger partial charge in [0.1, 0.15) is 0 Å². The third kappa shape index (κ3) is 7.32. The van der Waals surface area contributed by atoms with Crippen molar-refractivity contribution in [2.75, 3.05) is 5.78 Å². The quantitative estimate of drug-likeness (QED) is 0.265. The van der Waals surface area contributed by atoms with Crippen LogP contribution in [0.3, 0.4) is 0 Å². The van der Waals surface area contributed by atoms with E-state index in [0.717, 1.165) is 22.5 Å². The first-order chi connectivity index (χ1) is 16.0. The van der Waals surface area contributed by atoms with Crippen molar-refractivity contribution in [3.8, 4) is 0 Å². The Labute approximate surface area is 239 Å². The van der Waals surface area contributed by atoms with E-state index in [1.54, 1.807) is 0 Å². The van der Waals surface area contributed by atoms with Gasteiger partial charge >= 0.3 is 207 Å². The van der Waals surface area contributed by atoms with E-state index in [0.29, 0.717) is 11.1 Å². The molecule has 4 aromatic rings. The third-order valence-electron chi connectivity index (χ3n) is 5.23. The summed E-state index contributed by atoms with van der Waals surface area (Å²) in [4.78, 5) is 27.3. The fraction of sp³-hybridized carbons (Fsp3) is 0.0714. The zero-order valence-electron chi connectivity index (χ0n) is 19.4. The summed E-state index contributed by atoms with van der Waals surface area (Å²) in [7, 11) is 0. The number of carbonyl (C=O) groups is 2. The summed E-state index contributed by atoms with van der Waals surface area (Å²) in [6.07, 6.45) is 0. The van der Waals surface area contributed by atoms with Crippen molar-refractivity contribution in [2.45, 2.75) is 13.8 Å². The number of rotatable bonds is 6. The fourth-order valence-electron chi connectivity index (χ4n) is 3.35. The molecule has 0 saturated carbocycles. The monoisotopic (exact) mass is 758 g/mol. The average molecular weight is 759 g/mol. The number of anilines is 2. The number of halogens is 2. The number of amides is 2. The molecule has 4 rings (SSSR count). The minimum Gasteiger partial charge on any atom is -1.00 e. The molecule has 0 fully saturated rings. The summed E-state index contributed by atoms with van der Waals surface area (Å²) < 4.78 is 3.67. The van der Waals surface area contributed by atoms with Crippen LogP contribution in [0.15, 0.2) is 109 Å². The van der Waals surface area contributed by atoms with Gasteiger partial charge in [-0.2, -0.15) is 0 Å². The van der Waals surface area contributed by atoms with Crippen molar-refractivity contribution in [3.05, 3.63) is 131 Å². The molecule has 0 aliphatic rings. The number of nitrogens with zero attached hydrogens (tertiary/aromatic N) is 2. The van der Waals surface area contributed by atoms with Gasteiger partial charge in [0.2, 0.25) is 0 Å². The molecule has 2 amide bonds. The molecule has 7 heteroatoms. The largest absolute Gasteiger partial charge is 1.00 e. The first-order valence-corrected chi connectivity index (χ1v) is 13.9. The molecule has 0 bridgehead atoms. The van der Waals surface area contributed by atoms with Gasteiger partial charge in [-0.05, 0) is 0 Å². The Hall–Kier alpha value is -2.35. The minimum atomic E-state index is -2.26. The molecule has 0 spiro atoms. The summed E-state index contributed by atoms with van der Waals surface area (Å²) >= 11 is -2.26. The minimum absolute atomic E-state index is 0. The molecule has 0 unspecified atom stereocenters. The summed E-state index contributed by atoms with van der Waals surface area (Å²) in [6, 6.07) is 34.4. The maximum atomic E-state index is 13.7. The van der Waals surface area contributed by atoms with Gasteiger partial charge in [0, 0.05) is 0 Å². The second-order valence-electron chi connectivity index (χ2n) is 7.78. The Balaban J connectivity index is 0.00000216. The van der Waals surface area contributed by atoms with Crippen LogP contribution in [0.2, 0.25) is 0 Å². The molecule has 0 radical (unpaired) electrons. The average Bonchev–Trinajstić information content (AvgIpc) is 2.86. The Morgan fingerprint density at radius 3 is 1.14 bits per heavy atom. The predicted octanol–water partition coefficient (Wildman–Crippen LogP) is 0.218. The van der Waals surface area contributed by atoms with Crippen molar-refractivity contribution in [1.82, 2.24) is 0 Å². The van der Waals surface area contributed by atoms with E-state index in [2.05, 4.69) is 0 Å².